The van der Waals surface area contributed by atoms with Crippen LogP contribution in [0.3, 0.4) is 0 Å². The molecule has 0 aliphatic heterocycles. The van der Waals surface area contributed by atoms with E-state index in [1.165, 1.54) is 12.3 Å². The van der Waals surface area contributed by atoms with Gasteiger partial charge in [-0.25, -0.2) is 18.1 Å². The first-order chi connectivity index (χ1) is 8.27. The quantitative estimate of drug-likeness (QED) is 0.788. The van der Waals surface area contributed by atoms with Gasteiger partial charge in [0.05, 0.1) is 6.61 Å². The maximum Gasteiger partial charge on any atom is 0.244 e. The topological polar surface area (TPSA) is 79.3 Å². The van der Waals surface area contributed by atoms with Crippen molar-refractivity contribution in [1.82, 2.24) is 9.71 Å². The normalized spacial score (nSPS) is 13.9. The van der Waals surface area contributed by atoms with E-state index in [9.17, 15) is 8.42 Å². The van der Waals surface area contributed by atoms with Crippen molar-refractivity contribution in [2.75, 3.05) is 6.61 Å². The lowest BCUT2D eigenvalue weighted by molar-refractivity contribution is 0.227. The van der Waals surface area contributed by atoms with Gasteiger partial charge in [0.15, 0.2) is 0 Å². The first-order valence-corrected chi connectivity index (χ1v) is 7.87. The van der Waals surface area contributed by atoms with E-state index in [1.54, 1.807) is 0 Å². The number of rotatable bonds is 5. The van der Waals surface area contributed by atoms with E-state index in [0.717, 1.165) is 0 Å². The summed E-state index contributed by atoms with van der Waals surface area (Å²) < 4.78 is 27.1. The van der Waals surface area contributed by atoms with Crippen LogP contribution in [0, 0.1) is 5.92 Å². The van der Waals surface area contributed by atoms with Crippen LogP contribution in [0.5, 0.6) is 0 Å². The summed E-state index contributed by atoms with van der Waals surface area (Å²) in [4.78, 5) is 3.65. The summed E-state index contributed by atoms with van der Waals surface area (Å²) in [6, 6.07) is 0.803. The highest BCUT2D eigenvalue weighted by Crippen LogP contribution is 2.23. The third-order valence-electron chi connectivity index (χ3n) is 2.37. The summed E-state index contributed by atoms with van der Waals surface area (Å²) in [6.45, 7) is 3.34. The Kier molecular flexibility index (Phi) is 5.54. The van der Waals surface area contributed by atoms with Crippen LogP contribution in [0.4, 0.5) is 0 Å². The molecule has 0 aliphatic carbocycles. The molecule has 0 spiro atoms. The lowest BCUT2D eigenvalue weighted by Crippen LogP contribution is -2.41. The lowest BCUT2D eigenvalue weighted by atomic mass is 10.1. The van der Waals surface area contributed by atoms with Crippen LogP contribution in [0.15, 0.2) is 21.6 Å². The third kappa shape index (κ3) is 3.89. The molecule has 0 aromatic carbocycles. The highest BCUT2D eigenvalue weighted by atomic mass is 79.9. The molecule has 2 N–H and O–H groups in total. The van der Waals surface area contributed by atoms with Gasteiger partial charge >= 0.3 is 0 Å². The number of hydrogen-bond acceptors (Lipinski definition) is 4. The summed E-state index contributed by atoms with van der Waals surface area (Å²) in [5.74, 6) is -0.0383. The molecule has 8 heteroatoms. The maximum absolute atomic E-state index is 12.1. The van der Waals surface area contributed by atoms with E-state index in [4.69, 9.17) is 16.7 Å². The van der Waals surface area contributed by atoms with E-state index < -0.39 is 16.1 Å². The van der Waals surface area contributed by atoms with Gasteiger partial charge in [-0.3, -0.25) is 0 Å². The van der Waals surface area contributed by atoms with Gasteiger partial charge in [-0.2, -0.15) is 0 Å². The number of nitrogens with one attached hydrogen (secondary N) is 1. The van der Waals surface area contributed by atoms with Crippen molar-refractivity contribution in [1.29, 1.82) is 0 Å². The van der Waals surface area contributed by atoms with Gasteiger partial charge < -0.3 is 5.11 Å². The number of hydrogen-bond donors (Lipinski definition) is 2. The Morgan fingerprint density at radius 2 is 2.17 bits per heavy atom. The number of aromatic nitrogens is 1. The van der Waals surface area contributed by atoms with Crippen molar-refractivity contribution in [3.05, 3.63) is 21.9 Å². The third-order valence-corrected chi connectivity index (χ3v) is 4.72. The Balaban J connectivity index is 3.10. The van der Waals surface area contributed by atoms with Gasteiger partial charge in [0.1, 0.15) is 10.0 Å². The molecule has 0 fully saturated rings. The minimum atomic E-state index is -3.80. The summed E-state index contributed by atoms with van der Waals surface area (Å²) in [7, 11) is -3.80. The van der Waals surface area contributed by atoms with Crippen LogP contribution in [0.1, 0.15) is 13.8 Å². The average Bonchev–Trinajstić information content (AvgIpc) is 2.28. The monoisotopic (exact) mass is 356 g/mol. The fraction of sp³-hybridized carbons (Fsp3) is 0.500. The number of pyridine rings is 1. The molecule has 1 aromatic rings. The molecule has 1 rings (SSSR count). The van der Waals surface area contributed by atoms with E-state index in [1.807, 2.05) is 13.8 Å². The predicted molar refractivity (Wildman–Crippen MR) is 73.0 cm³/mol. The molecule has 0 bridgehead atoms. The minimum absolute atomic E-state index is 0.0383. The Hall–Kier alpha value is -0.210. The van der Waals surface area contributed by atoms with Crippen molar-refractivity contribution in [2.45, 2.75) is 24.8 Å². The molecule has 1 atom stereocenters. The molecule has 0 unspecified atom stereocenters. The number of nitrogens with zero attached hydrogens (tertiary/aromatic N) is 1. The average molecular weight is 358 g/mol. The second kappa shape index (κ2) is 6.29. The van der Waals surface area contributed by atoms with Crippen molar-refractivity contribution in [3.8, 4) is 0 Å². The van der Waals surface area contributed by atoms with Gasteiger partial charge in [-0.1, -0.05) is 25.4 Å². The van der Waals surface area contributed by atoms with E-state index in [0.29, 0.717) is 4.47 Å². The van der Waals surface area contributed by atoms with Crippen LogP contribution >= 0.6 is 27.5 Å². The van der Waals surface area contributed by atoms with Gasteiger partial charge in [0.25, 0.3) is 0 Å². The van der Waals surface area contributed by atoms with E-state index in [-0.39, 0.29) is 22.6 Å². The van der Waals surface area contributed by atoms with Crippen molar-refractivity contribution < 1.29 is 13.5 Å². The van der Waals surface area contributed by atoms with Crippen molar-refractivity contribution >= 4 is 37.6 Å². The van der Waals surface area contributed by atoms with Gasteiger partial charge in [-0.15, -0.1) is 0 Å². The molecule has 0 radical (unpaired) electrons. The number of halogens is 2. The molecule has 1 heterocycles. The first kappa shape index (κ1) is 15.8. The zero-order valence-electron chi connectivity index (χ0n) is 9.89. The molecule has 0 amide bonds. The van der Waals surface area contributed by atoms with Crippen LogP contribution in [0.2, 0.25) is 5.15 Å². The fourth-order valence-corrected chi connectivity index (χ4v) is 3.56. The molecule has 1 aromatic heterocycles. The summed E-state index contributed by atoms with van der Waals surface area (Å²) in [6.07, 6.45) is 1.41. The second-order valence-electron chi connectivity index (χ2n) is 4.10. The van der Waals surface area contributed by atoms with Crippen LogP contribution in [0.25, 0.3) is 0 Å². The Morgan fingerprint density at radius 3 is 2.67 bits per heavy atom. The smallest absolute Gasteiger partial charge is 0.244 e. The maximum atomic E-state index is 12.1. The molecule has 0 aliphatic rings. The largest absolute Gasteiger partial charge is 0.395 e. The second-order valence-corrected chi connectivity index (χ2v) is 7.05. The van der Waals surface area contributed by atoms with Crippen LogP contribution in [-0.2, 0) is 10.0 Å². The van der Waals surface area contributed by atoms with Crippen LogP contribution in [-0.4, -0.2) is 31.2 Å². The molecule has 0 saturated heterocycles. The van der Waals surface area contributed by atoms with Crippen molar-refractivity contribution in [3.63, 3.8) is 0 Å². The van der Waals surface area contributed by atoms with E-state index in [2.05, 4.69) is 25.6 Å². The highest BCUT2D eigenvalue weighted by Gasteiger charge is 2.24. The summed E-state index contributed by atoms with van der Waals surface area (Å²) in [5.41, 5.74) is 0. The number of sulfonamides is 1. The standard InChI is InChI=1S/C10H14BrClN2O3S/c1-6(2)8(5-15)14-18(16,17)9-3-7(11)4-13-10(9)12/h3-4,6,8,14-15H,5H2,1-2H3/t8-/m1/s1. The van der Waals surface area contributed by atoms with Crippen LogP contribution < -0.4 is 4.72 Å². The molecular weight excluding hydrogens is 344 g/mol. The molecule has 0 saturated carbocycles. The minimum Gasteiger partial charge on any atom is -0.395 e. The molecular formula is C10H14BrClN2O3S. The van der Waals surface area contributed by atoms with Gasteiger partial charge in [0.2, 0.25) is 10.0 Å². The van der Waals surface area contributed by atoms with Gasteiger partial charge in [-0.05, 0) is 27.9 Å². The first-order valence-electron chi connectivity index (χ1n) is 5.22. The Labute approximate surface area is 120 Å². The van der Waals surface area contributed by atoms with Crippen molar-refractivity contribution in [2.24, 2.45) is 5.92 Å². The predicted octanol–water partition coefficient (Wildman–Crippen LogP) is 1.79. The zero-order valence-corrected chi connectivity index (χ0v) is 13.1. The number of aliphatic hydroxyl groups excluding tert-OH is 1. The lowest BCUT2D eigenvalue weighted by Gasteiger charge is -2.20. The fourth-order valence-electron chi connectivity index (χ4n) is 1.24. The molecule has 18 heavy (non-hydrogen) atoms. The summed E-state index contributed by atoms with van der Waals surface area (Å²) in [5, 5.41) is 9.04. The van der Waals surface area contributed by atoms with Gasteiger partial charge in [0, 0.05) is 16.7 Å². The summed E-state index contributed by atoms with van der Waals surface area (Å²) >= 11 is 8.91. The Bertz CT molecular complexity index is 522. The SMILES string of the molecule is CC(C)[C@@H](CO)NS(=O)(=O)c1cc(Br)cnc1Cl. The number of aliphatic hydroxyl groups is 1. The molecule has 5 nitrogen and oxygen atoms in total. The van der Waals surface area contributed by atoms with E-state index >= 15 is 0 Å². The molecule has 102 valence electrons. The highest BCUT2D eigenvalue weighted by molar-refractivity contribution is 9.10. The Morgan fingerprint density at radius 1 is 1.56 bits per heavy atom. The zero-order chi connectivity index (χ0) is 13.9.